The van der Waals surface area contributed by atoms with Crippen LogP contribution in [0.1, 0.15) is 33.6 Å². The molecule has 0 aromatic rings. The quantitative estimate of drug-likeness (QED) is 0.618. The monoisotopic (exact) mass is 169 g/mol. The van der Waals surface area contributed by atoms with Gasteiger partial charge in [0.25, 0.3) is 0 Å². The molecule has 70 valence electrons. The first-order valence-electron chi connectivity index (χ1n) is 4.67. The van der Waals surface area contributed by atoms with Crippen LogP contribution in [0.2, 0.25) is 0 Å². The molecule has 1 amide bonds. The van der Waals surface area contributed by atoms with Crippen molar-refractivity contribution < 1.29 is 4.79 Å². The largest absolute Gasteiger partial charge is 0.345 e. The van der Waals surface area contributed by atoms with Crippen LogP contribution in [0.4, 0.5) is 0 Å². The predicted molar refractivity (Wildman–Crippen MR) is 49.8 cm³/mol. The van der Waals surface area contributed by atoms with Gasteiger partial charge < -0.3 is 4.90 Å². The molecule has 1 rings (SSSR count). The van der Waals surface area contributed by atoms with Crippen molar-refractivity contribution in [2.45, 2.75) is 33.6 Å². The van der Waals surface area contributed by atoms with Crippen LogP contribution in [0, 0.1) is 11.3 Å². The summed E-state index contributed by atoms with van der Waals surface area (Å²) < 4.78 is 0. The van der Waals surface area contributed by atoms with Crippen molar-refractivity contribution in [3.8, 4) is 0 Å². The summed E-state index contributed by atoms with van der Waals surface area (Å²) in [7, 11) is 1.91. The Bertz CT molecular complexity index is 177. The van der Waals surface area contributed by atoms with E-state index in [-0.39, 0.29) is 11.3 Å². The van der Waals surface area contributed by atoms with Gasteiger partial charge in [-0.05, 0) is 18.8 Å². The van der Waals surface area contributed by atoms with E-state index in [0.717, 1.165) is 12.5 Å². The molecule has 0 bridgehead atoms. The molecule has 1 aliphatic rings. The Labute approximate surface area is 74.9 Å². The summed E-state index contributed by atoms with van der Waals surface area (Å²) in [5.74, 6) is 1.05. The maximum atomic E-state index is 11.7. The fourth-order valence-corrected chi connectivity index (χ4v) is 1.34. The second-order valence-corrected chi connectivity index (χ2v) is 4.88. The zero-order valence-corrected chi connectivity index (χ0v) is 8.55. The van der Waals surface area contributed by atoms with Crippen LogP contribution in [-0.4, -0.2) is 24.4 Å². The van der Waals surface area contributed by atoms with Crippen LogP contribution < -0.4 is 0 Å². The van der Waals surface area contributed by atoms with E-state index < -0.39 is 0 Å². The van der Waals surface area contributed by atoms with Crippen LogP contribution >= 0.6 is 0 Å². The van der Waals surface area contributed by atoms with Gasteiger partial charge in [-0.1, -0.05) is 20.8 Å². The van der Waals surface area contributed by atoms with Gasteiger partial charge in [0.1, 0.15) is 0 Å². The third-order valence-electron chi connectivity index (χ3n) is 2.22. The lowest BCUT2D eigenvalue weighted by Crippen LogP contribution is -2.37. The normalized spacial score (nSPS) is 17.7. The van der Waals surface area contributed by atoms with Gasteiger partial charge in [0, 0.05) is 19.0 Å². The van der Waals surface area contributed by atoms with Gasteiger partial charge in [-0.3, -0.25) is 4.79 Å². The van der Waals surface area contributed by atoms with Crippen LogP contribution in [-0.2, 0) is 4.79 Å². The van der Waals surface area contributed by atoms with E-state index >= 15 is 0 Å². The van der Waals surface area contributed by atoms with Gasteiger partial charge in [-0.2, -0.15) is 0 Å². The Hall–Kier alpha value is -0.530. The summed E-state index contributed by atoms with van der Waals surface area (Å²) in [6.07, 6.45) is 2.61. The first-order chi connectivity index (χ1) is 5.41. The van der Waals surface area contributed by atoms with Crippen molar-refractivity contribution in [2.75, 3.05) is 13.6 Å². The number of hydrogen-bond acceptors (Lipinski definition) is 1. The van der Waals surface area contributed by atoms with Crippen molar-refractivity contribution >= 4 is 5.91 Å². The highest BCUT2D eigenvalue weighted by Gasteiger charge is 2.29. The molecule has 0 atom stereocenters. The molecule has 2 heteroatoms. The SMILES string of the molecule is CN(CC1CC1)C(=O)C(C)(C)C. The number of nitrogens with zero attached hydrogens (tertiary/aromatic N) is 1. The minimum atomic E-state index is -0.219. The average Bonchev–Trinajstić information content (AvgIpc) is 2.68. The second kappa shape index (κ2) is 3.08. The van der Waals surface area contributed by atoms with Gasteiger partial charge in [0.15, 0.2) is 0 Å². The molecule has 0 radical (unpaired) electrons. The molecule has 0 heterocycles. The summed E-state index contributed by atoms with van der Waals surface area (Å²) in [6, 6.07) is 0. The zero-order valence-electron chi connectivity index (χ0n) is 8.55. The molecule has 0 saturated heterocycles. The molecule has 1 aliphatic carbocycles. The van der Waals surface area contributed by atoms with Crippen LogP contribution in [0.5, 0.6) is 0 Å². The van der Waals surface area contributed by atoms with Gasteiger partial charge in [0.2, 0.25) is 5.91 Å². The Kier molecular flexibility index (Phi) is 2.45. The fraction of sp³-hybridized carbons (Fsp3) is 0.900. The standard InChI is InChI=1S/C10H19NO/c1-10(2,3)9(12)11(4)7-8-5-6-8/h8H,5-7H2,1-4H3. The van der Waals surface area contributed by atoms with Crippen LogP contribution in [0.25, 0.3) is 0 Å². The number of hydrogen-bond donors (Lipinski definition) is 0. The highest BCUT2D eigenvalue weighted by Crippen LogP contribution is 2.30. The van der Waals surface area contributed by atoms with Crippen molar-refractivity contribution in [1.29, 1.82) is 0 Å². The molecule has 0 aromatic carbocycles. The summed E-state index contributed by atoms with van der Waals surface area (Å²) in [5, 5.41) is 0. The summed E-state index contributed by atoms with van der Waals surface area (Å²) in [6.45, 7) is 6.87. The van der Waals surface area contributed by atoms with Crippen molar-refractivity contribution in [3.63, 3.8) is 0 Å². The highest BCUT2D eigenvalue weighted by molar-refractivity contribution is 5.81. The second-order valence-electron chi connectivity index (χ2n) is 4.88. The van der Waals surface area contributed by atoms with E-state index in [0.29, 0.717) is 0 Å². The molecule has 2 nitrogen and oxygen atoms in total. The van der Waals surface area contributed by atoms with Crippen molar-refractivity contribution in [3.05, 3.63) is 0 Å². The highest BCUT2D eigenvalue weighted by atomic mass is 16.2. The van der Waals surface area contributed by atoms with Crippen molar-refractivity contribution in [1.82, 2.24) is 4.90 Å². The minimum Gasteiger partial charge on any atom is -0.345 e. The Morgan fingerprint density at radius 2 is 1.92 bits per heavy atom. The minimum absolute atomic E-state index is 0.219. The molecule has 0 spiro atoms. The molecule has 0 aromatic heterocycles. The topological polar surface area (TPSA) is 20.3 Å². The lowest BCUT2D eigenvalue weighted by molar-refractivity contribution is -0.138. The number of amides is 1. The van der Waals surface area contributed by atoms with E-state index in [1.807, 2.05) is 32.7 Å². The van der Waals surface area contributed by atoms with E-state index in [1.54, 1.807) is 0 Å². The lowest BCUT2D eigenvalue weighted by Gasteiger charge is -2.25. The average molecular weight is 169 g/mol. The maximum absolute atomic E-state index is 11.7. The summed E-state index contributed by atoms with van der Waals surface area (Å²) in [5.41, 5.74) is -0.219. The smallest absolute Gasteiger partial charge is 0.227 e. The van der Waals surface area contributed by atoms with E-state index in [1.165, 1.54) is 12.8 Å². The Morgan fingerprint density at radius 3 is 2.25 bits per heavy atom. The number of carbonyl (C=O) groups is 1. The molecule has 0 aliphatic heterocycles. The molecule has 0 N–H and O–H groups in total. The summed E-state index contributed by atoms with van der Waals surface area (Å²) >= 11 is 0. The first-order valence-corrected chi connectivity index (χ1v) is 4.67. The van der Waals surface area contributed by atoms with Gasteiger partial charge in [-0.15, -0.1) is 0 Å². The molecule has 1 fully saturated rings. The first kappa shape index (κ1) is 9.56. The molecule has 12 heavy (non-hydrogen) atoms. The third-order valence-corrected chi connectivity index (χ3v) is 2.22. The van der Waals surface area contributed by atoms with Gasteiger partial charge >= 0.3 is 0 Å². The Balaban J connectivity index is 2.39. The lowest BCUT2D eigenvalue weighted by atomic mass is 9.95. The van der Waals surface area contributed by atoms with E-state index in [2.05, 4.69) is 0 Å². The summed E-state index contributed by atoms with van der Waals surface area (Å²) in [4.78, 5) is 13.5. The third kappa shape index (κ3) is 2.50. The van der Waals surface area contributed by atoms with Gasteiger partial charge in [-0.25, -0.2) is 0 Å². The fourth-order valence-electron chi connectivity index (χ4n) is 1.34. The van der Waals surface area contributed by atoms with E-state index in [9.17, 15) is 4.79 Å². The molecule has 0 unspecified atom stereocenters. The van der Waals surface area contributed by atoms with Gasteiger partial charge in [0.05, 0.1) is 0 Å². The Morgan fingerprint density at radius 1 is 1.42 bits per heavy atom. The zero-order chi connectivity index (χ0) is 9.35. The number of rotatable bonds is 2. The van der Waals surface area contributed by atoms with Crippen LogP contribution in [0.3, 0.4) is 0 Å². The molecular formula is C10H19NO. The van der Waals surface area contributed by atoms with E-state index in [4.69, 9.17) is 0 Å². The predicted octanol–water partition coefficient (Wildman–Crippen LogP) is 1.90. The number of carbonyl (C=O) groups excluding carboxylic acids is 1. The van der Waals surface area contributed by atoms with Crippen LogP contribution in [0.15, 0.2) is 0 Å². The van der Waals surface area contributed by atoms with Crippen molar-refractivity contribution in [2.24, 2.45) is 11.3 Å². The molecule has 1 saturated carbocycles. The maximum Gasteiger partial charge on any atom is 0.227 e. The molecular weight excluding hydrogens is 150 g/mol.